The van der Waals surface area contributed by atoms with Crippen LogP contribution in [-0.4, -0.2) is 15.6 Å². The average molecular weight is 299 g/mol. The van der Waals surface area contributed by atoms with Gasteiger partial charge < -0.3 is 9.88 Å². The molecule has 0 atom stereocenters. The molecule has 3 rings (SSSR count). The summed E-state index contributed by atoms with van der Waals surface area (Å²) >= 11 is 1.71. The third-order valence-electron chi connectivity index (χ3n) is 3.60. The lowest BCUT2D eigenvalue weighted by atomic mass is 10.1. The van der Waals surface area contributed by atoms with Gasteiger partial charge in [-0.05, 0) is 24.6 Å². The van der Waals surface area contributed by atoms with Crippen molar-refractivity contribution in [2.24, 2.45) is 0 Å². The van der Waals surface area contributed by atoms with E-state index < -0.39 is 0 Å². The number of rotatable bonds is 5. The molecule has 4 heteroatoms. The minimum Gasteiger partial charge on any atom is -0.341 e. The lowest BCUT2D eigenvalue weighted by Crippen LogP contribution is -2.21. The van der Waals surface area contributed by atoms with Gasteiger partial charge >= 0.3 is 0 Å². The first-order valence-electron chi connectivity index (χ1n) is 7.34. The van der Waals surface area contributed by atoms with Crippen molar-refractivity contribution < 1.29 is 0 Å². The lowest BCUT2D eigenvalue weighted by Gasteiger charge is -2.10. The van der Waals surface area contributed by atoms with Crippen LogP contribution in [0.15, 0.2) is 35.8 Å². The maximum absolute atomic E-state index is 4.56. The summed E-state index contributed by atoms with van der Waals surface area (Å²) in [6.45, 7) is 8.16. The van der Waals surface area contributed by atoms with E-state index in [1.54, 1.807) is 11.3 Å². The fourth-order valence-electron chi connectivity index (χ4n) is 2.55. The van der Waals surface area contributed by atoms with E-state index in [1.807, 2.05) is 0 Å². The van der Waals surface area contributed by atoms with E-state index in [1.165, 1.54) is 16.5 Å². The van der Waals surface area contributed by atoms with E-state index in [2.05, 4.69) is 71.5 Å². The molecule has 0 fully saturated rings. The summed E-state index contributed by atoms with van der Waals surface area (Å²) in [6.07, 6.45) is 2.16. The van der Waals surface area contributed by atoms with E-state index in [0.29, 0.717) is 6.04 Å². The number of nitrogens with one attached hydrogen (secondary N) is 1. The normalized spacial score (nSPS) is 11.6. The Morgan fingerprint density at radius 3 is 2.86 bits per heavy atom. The highest BCUT2D eigenvalue weighted by Crippen LogP contribution is 2.22. The summed E-state index contributed by atoms with van der Waals surface area (Å²) < 4.78 is 2.28. The number of nitrogens with zero attached hydrogens (tertiary/aromatic N) is 2. The molecule has 0 amide bonds. The van der Waals surface area contributed by atoms with Crippen LogP contribution in [0.25, 0.3) is 10.9 Å². The molecule has 0 spiro atoms. The van der Waals surface area contributed by atoms with E-state index in [0.717, 1.165) is 23.8 Å². The Balaban J connectivity index is 1.89. The van der Waals surface area contributed by atoms with Gasteiger partial charge in [-0.15, -0.1) is 11.3 Å². The minimum absolute atomic E-state index is 0.500. The number of fused-ring (bicyclic) bond motifs is 1. The smallest absolute Gasteiger partial charge is 0.0898 e. The van der Waals surface area contributed by atoms with Gasteiger partial charge in [-0.1, -0.05) is 26.0 Å². The van der Waals surface area contributed by atoms with Gasteiger partial charge in [0.05, 0.1) is 17.2 Å². The molecule has 1 N–H and O–H groups in total. The van der Waals surface area contributed by atoms with Crippen molar-refractivity contribution in [3.05, 3.63) is 52.1 Å². The predicted octanol–water partition coefficient (Wildman–Crippen LogP) is 3.95. The molecule has 0 saturated heterocycles. The molecule has 0 radical (unpaired) electrons. The molecule has 0 unspecified atom stereocenters. The number of benzene rings is 1. The second-order valence-electron chi connectivity index (χ2n) is 5.69. The third kappa shape index (κ3) is 3.17. The summed E-state index contributed by atoms with van der Waals surface area (Å²) in [5.74, 6) is 0. The zero-order valence-electron chi connectivity index (χ0n) is 12.8. The zero-order chi connectivity index (χ0) is 14.8. The Hall–Kier alpha value is -1.65. The lowest BCUT2D eigenvalue weighted by molar-refractivity contribution is 0.590. The Bertz CT molecular complexity index is 739. The van der Waals surface area contributed by atoms with E-state index >= 15 is 0 Å². The molecule has 0 aliphatic heterocycles. The molecule has 3 aromatic rings. The Morgan fingerprint density at radius 2 is 2.14 bits per heavy atom. The molecule has 0 bridgehead atoms. The first-order valence-corrected chi connectivity index (χ1v) is 8.22. The van der Waals surface area contributed by atoms with Crippen LogP contribution >= 0.6 is 11.3 Å². The molecule has 2 aromatic heterocycles. The van der Waals surface area contributed by atoms with Gasteiger partial charge in [-0.3, -0.25) is 0 Å². The molecule has 110 valence electrons. The zero-order valence-corrected chi connectivity index (χ0v) is 13.6. The summed E-state index contributed by atoms with van der Waals surface area (Å²) in [4.78, 5) is 4.56. The van der Waals surface area contributed by atoms with E-state index in [-0.39, 0.29) is 0 Å². The first-order chi connectivity index (χ1) is 10.1. The minimum atomic E-state index is 0.500. The van der Waals surface area contributed by atoms with Crippen molar-refractivity contribution in [2.75, 3.05) is 0 Å². The van der Waals surface area contributed by atoms with Crippen LogP contribution in [0, 0.1) is 6.92 Å². The number of hydrogen-bond acceptors (Lipinski definition) is 3. The van der Waals surface area contributed by atoms with Crippen molar-refractivity contribution in [1.82, 2.24) is 14.9 Å². The summed E-state index contributed by atoms with van der Waals surface area (Å²) in [6, 6.07) is 9.25. The van der Waals surface area contributed by atoms with Gasteiger partial charge in [0.25, 0.3) is 0 Å². The third-order valence-corrected chi connectivity index (χ3v) is 4.43. The molecule has 2 heterocycles. The van der Waals surface area contributed by atoms with Crippen molar-refractivity contribution in [1.29, 1.82) is 0 Å². The van der Waals surface area contributed by atoms with Crippen molar-refractivity contribution in [3.63, 3.8) is 0 Å². The Labute approximate surface area is 129 Å². The SMILES string of the molecule is Cc1nc(Cn2ccc3c(CNC(C)C)cccc32)cs1. The summed E-state index contributed by atoms with van der Waals surface area (Å²) in [5.41, 5.74) is 3.78. The van der Waals surface area contributed by atoms with Gasteiger partial charge in [-0.2, -0.15) is 0 Å². The van der Waals surface area contributed by atoms with Gasteiger partial charge in [0, 0.05) is 35.1 Å². The number of hydrogen-bond donors (Lipinski definition) is 1. The van der Waals surface area contributed by atoms with Crippen LogP contribution in [0.2, 0.25) is 0 Å². The standard InChI is InChI=1S/C17H21N3S/c1-12(2)18-9-14-5-4-6-17-16(14)7-8-20(17)10-15-11-21-13(3)19-15/h4-8,11-12,18H,9-10H2,1-3H3. The first kappa shape index (κ1) is 14.3. The number of aryl methyl sites for hydroxylation is 1. The topological polar surface area (TPSA) is 29.9 Å². The maximum Gasteiger partial charge on any atom is 0.0898 e. The molecular weight excluding hydrogens is 278 g/mol. The van der Waals surface area contributed by atoms with Crippen LogP contribution in [-0.2, 0) is 13.1 Å². The van der Waals surface area contributed by atoms with Crippen molar-refractivity contribution >= 4 is 22.2 Å². The summed E-state index contributed by atoms with van der Waals surface area (Å²) in [7, 11) is 0. The monoisotopic (exact) mass is 299 g/mol. The molecule has 1 aromatic carbocycles. The van der Waals surface area contributed by atoms with Crippen LogP contribution in [0.5, 0.6) is 0 Å². The van der Waals surface area contributed by atoms with Crippen LogP contribution in [0.1, 0.15) is 30.1 Å². The number of thiazole rings is 1. The van der Waals surface area contributed by atoms with Crippen LogP contribution < -0.4 is 5.32 Å². The Kier molecular flexibility index (Phi) is 4.08. The largest absolute Gasteiger partial charge is 0.341 e. The fraction of sp³-hybridized carbons (Fsp3) is 0.353. The maximum atomic E-state index is 4.56. The summed E-state index contributed by atoms with van der Waals surface area (Å²) in [5, 5.41) is 8.10. The average Bonchev–Trinajstić information content (AvgIpc) is 3.04. The predicted molar refractivity (Wildman–Crippen MR) is 89.9 cm³/mol. The highest BCUT2D eigenvalue weighted by molar-refractivity contribution is 7.09. The van der Waals surface area contributed by atoms with Crippen molar-refractivity contribution in [3.8, 4) is 0 Å². The second kappa shape index (κ2) is 6.00. The van der Waals surface area contributed by atoms with Crippen LogP contribution in [0.4, 0.5) is 0 Å². The molecular formula is C17H21N3S. The molecule has 3 nitrogen and oxygen atoms in total. The Morgan fingerprint density at radius 1 is 1.29 bits per heavy atom. The second-order valence-corrected chi connectivity index (χ2v) is 6.75. The highest BCUT2D eigenvalue weighted by atomic mass is 32.1. The van der Waals surface area contributed by atoms with Gasteiger partial charge in [-0.25, -0.2) is 4.98 Å². The van der Waals surface area contributed by atoms with E-state index in [4.69, 9.17) is 0 Å². The highest BCUT2D eigenvalue weighted by Gasteiger charge is 2.07. The molecule has 0 aliphatic carbocycles. The molecule has 0 aliphatic rings. The molecule has 0 saturated carbocycles. The quantitative estimate of drug-likeness (QED) is 0.773. The van der Waals surface area contributed by atoms with Crippen LogP contribution in [0.3, 0.4) is 0 Å². The fourth-order valence-corrected chi connectivity index (χ4v) is 3.15. The van der Waals surface area contributed by atoms with E-state index in [9.17, 15) is 0 Å². The number of aromatic nitrogens is 2. The van der Waals surface area contributed by atoms with Gasteiger partial charge in [0.15, 0.2) is 0 Å². The van der Waals surface area contributed by atoms with Gasteiger partial charge in [0.2, 0.25) is 0 Å². The molecule has 21 heavy (non-hydrogen) atoms. The van der Waals surface area contributed by atoms with Gasteiger partial charge in [0.1, 0.15) is 0 Å². The van der Waals surface area contributed by atoms with Crippen molar-refractivity contribution in [2.45, 2.75) is 39.9 Å².